The lowest BCUT2D eigenvalue weighted by atomic mass is 10.1. The summed E-state index contributed by atoms with van der Waals surface area (Å²) in [6.45, 7) is 2.72. The molecule has 1 rings (SSSR count). The molecule has 0 spiro atoms. The van der Waals surface area contributed by atoms with Crippen LogP contribution in [0.2, 0.25) is 0 Å². The summed E-state index contributed by atoms with van der Waals surface area (Å²) in [5.74, 6) is 0.844. The fourth-order valence-electron chi connectivity index (χ4n) is 1.35. The Morgan fingerprint density at radius 2 is 2.00 bits per heavy atom. The van der Waals surface area contributed by atoms with Gasteiger partial charge in [-0.3, -0.25) is 0 Å². The van der Waals surface area contributed by atoms with Crippen LogP contribution in [-0.2, 0) is 6.42 Å². The fraction of sp³-hybridized carbons (Fsp3) is 0.500. The summed E-state index contributed by atoms with van der Waals surface area (Å²) in [5.41, 5.74) is 6.92. The van der Waals surface area contributed by atoms with E-state index in [0.717, 1.165) is 12.2 Å². The minimum absolute atomic E-state index is 0.169. The van der Waals surface area contributed by atoms with E-state index in [4.69, 9.17) is 15.6 Å². The van der Waals surface area contributed by atoms with Crippen molar-refractivity contribution < 1.29 is 9.84 Å². The molecule has 0 fully saturated rings. The zero-order valence-electron chi connectivity index (χ0n) is 9.15. The minimum Gasteiger partial charge on any atom is -0.494 e. The van der Waals surface area contributed by atoms with Gasteiger partial charge in [0, 0.05) is 19.1 Å². The van der Waals surface area contributed by atoms with Gasteiger partial charge in [0.1, 0.15) is 5.75 Å². The van der Waals surface area contributed by atoms with Crippen molar-refractivity contribution in [2.45, 2.75) is 25.8 Å². The van der Waals surface area contributed by atoms with Gasteiger partial charge in [-0.15, -0.1) is 0 Å². The van der Waals surface area contributed by atoms with Gasteiger partial charge < -0.3 is 15.6 Å². The van der Waals surface area contributed by atoms with E-state index < -0.39 is 0 Å². The van der Waals surface area contributed by atoms with Crippen LogP contribution in [0.25, 0.3) is 0 Å². The Hall–Kier alpha value is -1.06. The quantitative estimate of drug-likeness (QED) is 0.695. The van der Waals surface area contributed by atoms with E-state index >= 15 is 0 Å². The predicted molar refractivity (Wildman–Crippen MR) is 61.0 cm³/mol. The van der Waals surface area contributed by atoms with Crippen LogP contribution in [0.3, 0.4) is 0 Å². The number of aliphatic hydroxyl groups is 1. The molecule has 0 radical (unpaired) electrons. The van der Waals surface area contributed by atoms with Gasteiger partial charge in [-0.05, 0) is 31.0 Å². The molecule has 0 heterocycles. The predicted octanol–water partition coefficient (Wildman–Crippen LogP) is 1.34. The molecule has 3 nitrogen and oxygen atoms in total. The highest BCUT2D eigenvalue weighted by atomic mass is 16.5. The van der Waals surface area contributed by atoms with Gasteiger partial charge in [0.15, 0.2) is 0 Å². The van der Waals surface area contributed by atoms with Crippen molar-refractivity contribution in [1.29, 1.82) is 0 Å². The molecule has 15 heavy (non-hydrogen) atoms. The summed E-state index contributed by atoms with van der Waals surface area (Å²) >= 11 is 0. The van der Waals surface area contributed by atoms with Crippen LogP contribution in [0.5, 0.6) is 5.75 Å². The van der Waals surface area contributed by atoms with Crippen LogP contribution in [0.4, 0.5) is 0 Å². The highest BCUT2D eigenvalue weighted by Crippen LogP contribution is 2.13. The van der Waals surface area contributed by atoms with E-state index in [-0.39, 0.29) is 12.6 Å². The molecule has 0 bridgehead atoms. The monoisotopic (exact) mass is 209 g/mol. The molecule has 0 amide bonds. The van der Waals surface area contributed by atoms with Crippen LogP contribution in [0, 0.1) is 0 Å². The van der Waals surface area contributed by atoms with Crippen molar-refractivity contribution in [3.05, 3.63) is 29.8 Å². The van der Waals surface area contributed by atoms with Gasteiger partial charge in [0.2, 0.25) is 0 Å². The van der Waals surface area contributed by atoms with Gasteiger partial charge in [0.25, 0.3) is 0 Å². The number of benzene rings is 1. The summed E-state index contributed by atoms with van der Waals surface area (Å²) in [6.07, 6.45) is 1.55. The SMILES string of the molecule is CC(N)Cc1ccc(OCCCO)cc1. The lowest BCUT2D eigenvalue weighted by Crippen LogP contribution is -2.17. The highest BCUT2D eigenvalue weighted by molar-refractivity contribution is 5.27. The van der Waals surface area contributed by atoms with Crippen molar-refractivity contribution >= 4 is 0 Å². The topological polar surface area (TPSA) is 55.5 Å². The summed E-state index contributed by atoms with van der Waals surface area (Å²) in [7, 11) is 0. The number of nitrogens with two attached hydrogens (primary N) is 1. The summed E-state index contributed by atoms with van der Waals surface area (Å²) in [4.78, 5) is 0. The van der Waals surface area contributed by atoms with E-state index in [2.05, 4.69) is 0 Å². The molecule has 0 aliphatic rings. The van der Waals surface area contributed by atoms with Gasteiger partial charge in [-0.2, -0.15) is 0 Å². The first-order valence-electron chi connectivity index (χ1n) is 5.30. The molecule has 0 saturated heterocycles. The second kappa shape index (κ2) is 6.43. The number of ether oxygens (including phenoxy) is 1. The van der Waals surface area contributed by atoms with E-state index in [1.165, 1.54) is 5.56 Å². The van der Waals surface area contributed by atoms with Crippen molar-refractivity contribution in [3.8, 4) is 5.75 Å². The summed E-state index contributed by atoms with van der Waals surface area (Å²) in [5, 5.41) is 8.59. The second-order valence-corrected chi connectivity index (χ2v) is 3.75. The smallest absolute Gasteiger partial charge is 0.119 e. The second-order valence-electron chi connectivity index (χ2n) is 3.75. The van der Waals surface area contributed by atoms with Gasteiger partial charge in [-0.1, -0.05) is 12.1 Å². The molecule has 1 atom stereocenters. The third-order valence-corrected chi connectivity index (χ3v) is 2.05. The van der Waals surface area contributed by atoms with Crippen LogP contribution < -0.4 is 10.5 Å². The number of hydrogen-bond acceptors (Lipinski definition) is 3. The van der Waals surface area contributed by atoms with E-state index in [0.29, 0.717) is 13.0 Å². The van der Waals surface area contributed by atoms with Crippen molar-refractivity contribution in [3.63, 3.8) is 0 Å². The summed E-state index contributed by atoms with van der Waals surface area (Å²) < 4.78 is 5.42. The third-order valence-electron chi connectivity index (χ3n) is 2.05. The first-order valence-corrected chi connectivity index (χ1v) is 5.30. The molecule has 1 aromatic carbocycles. The molecule has 0 saturated carbocycles. The molecule has 0 aliphatic carbocycles. The van der Waals surface area contributed by atoms with Crippen molar-refractivity contribution in [2.75, 3.05) is 13.2 Å². The van der Waals surface area contributed by atoms with Gasteiger partial charge in [0.05, 0.1) is 6.61 Å². The van der Waals surface area contributed by atoms with Crippen LogP contribution in [-0.4, -0.2) is 24.4 Å². The van der Waals surface area contributed by atoms with Crippen LogP contribution in [0.15, 0.2) is 24.3 Å². The Morgan fingerprint density at radius 3 is 2.53 bits per heavy atom. The summed E-state index contributed by atoms with van der Waals surface area (Å²) in [6, 6.07) is 8.12. The normalized spacial score (nSPS) is 12.5. The minimum atomic E-state index is 0.169. The highest BCUT2D eigenvalue weighted by Gasteiger charge is 1.98. The average molecular weight is 209 g/mol. The molecule has 1 unspecified atom stereocenters. The lowest BCUT2D eigenvalue weighted by molar-refractivity contribution is 0.233. The number of rotatable bonds is 6. The molecular formula is C12H19NO2. The van der Waals surface area contributed by atoms with Gasteiger partial charge in [-0.25, -0.2) is 0 Å². The Bertz CT molecular complexity index is 269. The van der Waals surface area contributed by atoms with Crippen LogP contribution in [0.1, 0.15) is 18.9 Å². The Kier molecular flexibility index (Phi) is 5.15. The molecule has 1 aromatic rings. The number of hydrogen-bond donors (Lipinski definition) is 2. The first kappa shape index (κ1) is 12.0. The molecule has 84 valence electrons. The van der Waals surface area contributed by atoms with E-state index in [1.54, 1.807) is 0 Å². The van der Waals surface area contributed by atoms with Crippen molar-refractivity contribution in [2.24, 2.45) is 5.73 Å². The maximum Gasteiger partial charge on any atom is 0.119 e. The van der Waals surface area contributed by atoms with E-state index in [9.17, 15) is 0 Å². The third kappa shape index (κ3) is 4.81. The zero-order valence-corrected chi connectivity index (χ0v) is 9.15. The lowest BCUT2D eigenvalue weighted by Gasteiger charge is -2.07. The van der Waals surface area contributed by atoms with Crippen LogP contribution >= 0.6 is 0 Å². The molecule has 0 aromatic heterocycles. The fourth-order valence-corrected chi connectivity index (χ4v) is 1.35. The molecule has 3 N–H and O–H groups in total. The average Bonchev–Trinajstić information content (AvgIpc) is 2.20. The molecule has 0 aliphatic heterocycles. The Balaban J connectivity index is 2.42. The number of aliphatic hydroxyl groups excluding tert-OH is 1. The molecular weight excluding hydrogens is 190 g/mol. The van der Waals surface area contributed by atoms with Crippen molar-refractivity contribution in [1.82, 2.24) is 0 Å². The first-order chi connectivity index (χ1) is 7.22. The largest absolute Gasteiger partial charge is 0.494 e. The van der Waals surface area contributed by atoms with Gasteiger partial charge >= 0.3 is 0 Å². The Morgan fingerprint density at radius 1 is 1.33 bits per heavy atom. The molecule has 3 heteroatoms. The maximum absolute atomic E-state index is 8.59. The maximum atomic E-state index is 8.59. The zero-order chi connectivity index (χ0) is 11.1. The van der Waals surface area contributed by atoms with E-state index in [1.807, 2.05) is 31.2 Å². The Labute approximate surface area is 90.9 Å². The standard InChI is InChI=1S/C12H19NO2/c1-10(13)9-11-3-5-12(6-4-11)15-8-2-7-14/h3-6,10,14H,2,7-9,13H2,1H3.